The summed E-state index contributed by atoms with van der Waals surface area (Å²) in [5, 5.41) is 14.1. The van der Waals surface area contributed by atoms with Crippen molar-refractivity contribution in [3.8, 4) is 11.4 Å². The Bertz CT molecular complexity index is 1420. The molecule has 1 aliphatic heterocycles. The summed E-state index contributed by atoms with van der Waals surface area (Å²) in [5.74, 6) is -1.78. The molecule has 0 spiro atoms. The molecular weight excluding hydrogens is 466 g/mol. The number of hydrogen-bond acceptors (Lipinski definition) is 6. The first-order valence-electron chi connectivity index (χ1n) is 10.7. The van der Waals surface area contributed by atoms with Gasteiger partial charge in [0.25, 0.3) is 11.8 Å². The van der Waals surface area contributed by atoms with Crippen molar-refractivity contribution in [2.75, 3.05) is 12.0 Å². The Morgan fingerprint density at radius 3 is 2.40 bits per heavy atom. The molecule has 4 rings (SSSR count). The Morgan fingerprint density at radius 2 is 1.77 bits per heavy atom. The summed E-state index contributed by atoms with van der Waals surface area (Å²) in [4.78, 5) is 38.8. The number of thiocarbonyl (C=S) groups is 1. The number of aromatic carboxylic acids is 1. The fraction of sp³-hybridized carbons (Fsp3) is 0.154. The minimum Gasteiger partial charge on any atom is -0.545 e. The third-order valence-electron chi connectivity index (χ3n) is 5.97. The summed E-state index contributed by atoms with van der Waals surface area (Å²) in [6.07, 6.45) is 1.52. The van der Waals surface area contributed by atoms with E-state index in [1.54, 1.807) is 50.4 Å². The van der Waals surface area contributed by atoms with E-state index in [1.165, 1.54) is 17.0 Å². The minimum absolute atomic E-state index is 0.0116. The van der Waals surface area contributed by atoms with Crippen molar-refractivity contribution in [2.24, 2.45) is 0 Å². The second-order valence-electron chi connectivity index (χ2n) is 8.05. The normalized spacial score (nSPS) is 14.9. The number of carboxylic acid groups (broad SMARTS) is 1. The molecule has 35 heavy (non-hydrogen) atoms. The minimum atomic E-state index is -1.26. The lowest BCUT2D eigenvalue weighted by atomic mass is 10.1. The van der Waals surface area contributed by atoms with Crippen molar-refractivity contribution in [1.29, 1.82) is 0 Å². The zero-order chi connectivity index (χ0) is 25.4. The molecule has 8 nitrogen and oxygen atoms in total. The van der Waals surface area contributed by atoms with E-state index >= 15 is 0 Å². The Labute approximate surface area is 207 Å². The largest absolute Gasteiger partial charge is 0.545 e. The van der Waals surface area contributed by atoms with E-state index in [-0.39, 0.29) is 16.2 Å². The molecule has 1 saturated heterocycles. The van der Waals surface area contributed by atoms with Crippen LogP contribution in [0.15, 0.2) is 54.1 Å². The third kappa shape index (κ3) is 4.22. The van der Waals surface area contributed by atoms with Gasteiger partial charge in [-0.1, -0.05) is 12.1 Å². The molecular formula is C26H22N3O5S-. The third-order valence-corrected chi connectivity index (χ3v) is 6.25. The number of benzene rings is 2. The lowest BCUT2D eigenvalue weighted by Gasteiger charge is -2.29. The van der Waals surface area contributed by atoms with Crippen LogP contribution in [0.2, 0.25) is 0 Å². The smallest absolute Gasteiger partial charge is 0.270 e. The van der Waals surface area contributed by atoms with Gasteiger partial charge in [-0.05, 0) is 86.6 Å². The van der Waals surface area contributed by atoms with Crippen LogP contribution in [0.4, 0.5) is 5.69 Å². The Balaban J connectivity index is 1.77. The van der Waals surface area contributed by atoms with Gasteiger partial charge >= 0.3 is 0 Å². The van der Waals surface area contributed by atoms with Gasteiger partial charge in [-0.2, -0.15) is 0 Å². The zero-order valence-corrected chi connectivity index (χ0v) is 20.4. The first-order chi connectivity index (χ1) is 16.6. The standard InChI is InChI=1S/C26H23N3O5S/c1-14-12-17(16(3)28(14)22-7-5-6-20(15(22)2)25(32)33)13-21-23(30)27-26(35)29(24(21)31)18-8-10-19(34-4)11-9-18/h5-13H,1-4H3,(H,32,33)(H,27,30,35)/p-1/b21-13+. The SMILES string of the molecule is COc1ccc(N2C(=O)/C(=C/c3cc(C)n(-c4cccc(C(=O)[O-])c4C)c3C)C(=O)NC2=S)cc1. The second kappa shape index (κ2) is 9.19. The van der Waals surface area contributed by atoms with Gasteiger partial charge in [0, 0.05) is 22.6 Å². The summed E-state index contributed by atoms with van der Waals surface area (Å²) in [7, 11) is 1.54. The molecule has 0 aliphatic carbocycles. The molecule has 3 aromatic rings. The monoisotopic (exact) mass is 488 g/mol. The molecule has 0 unspecified atom stereocenters. The van der Waals surface area contributed by atoms with E-state index in [4.69, 9.17) is 17.0 Å². The topological polar surface area (TPSA) is 104 Å². The number of carboxylic acids is 1. The van der Waals surface area contributed by atoms with Crippen LogP contribution in [0.5, 0.6) is 5.75 Å². The van der Waals surface area contributed by atoms with E-state index in [1.807, 2.05) is 24.5 Å². The Morgan fingerprint density at radius 1 is 1.09 bits per heavy atom. The number of amides is 2. The van der Waals surface area contributed by atoms with Crippen LogP contribution in [-0.2, 0) is 9.59 Å². The van der Waals surface area contributed by atoms with Gasteiger partial charge in [-0.25, -0.2) is 0 Å². The van der Waals surface area contributed by atoms with Gasteiger partial charge in [-0.15, -0.1) is 0 Å². The summed E-state index contributed by atoms with van der Waals surface area (Å²) < 4.78 is 7.04. The molecule has 178 valence electrons. The number of hydrogen-bond donors (Lipinski definition) is 1. The lowest BCUT2D eigenvalue weighted by Crippen LogP contribution is -2.54. The highest BCUT2D eigenvalue weighted by molar-refractivity contribution is 7.80. The van der Waals surface area contributed by atoms with Crippen molar-refractivity contribution < 1.29 is 24.2 Å². The average Bonchev–Trinajstić information content (AvgIpc) is 3.09. The van der Waals surface area contributed by atoms with Crippen molar-refractivity contribution in [3.05, 3.63) is 82.2 Å². The van der Waals surface area contributed by atoms with Crippen LogP contribution in [0, 0.1) is 20.8 Å². The van der Waals surface area contributed by atoms with Gasteiger partial charge in [0.1, 0.15) is 11.3 Å². The van der Waals surface area contributed by atoms with Crippen LogP contribution >= 0.6 is 12.2 Å². The molecule has 9 heteroatoms. The first-order valence-corrected chi connectivity index (χ1v) is 11.1. The van der Waals surface area contributed by atoms with E-state index < -0.39 is 17.8 Å². The predicted octanol–water partition coefficient (Wildman–Crippen LogP) is 2.61. The number of methoxy groups -OCH3 is 1. The van der Waals surface area contributed by atoms with Gasteiger partial charge in [-0.3, -0.25) is 19.8 Å². The highest BCUT2D eigenvalue weighted by atomic mass is 32.1. The molecule has 1 fully saturated rings. The van der Waals surface area contributed by atoms with Crippen molar-refractivity contribution in [1.82, 2.24) is 9.88 Å². The number of aromatic nitrogens is 1. The van der Waals surface area contributed by atoms with Gasteiger partial charge < -0.3 is 19.2 Å². The average molecular weight is 489 g/mol. The molecule has 2 heterocycles. The number of carbonyl (C=O) groups is 3. The molecule has 1 aromatic heterocycles. The first kappa shape index (κ1) is 23.9. The van der Waals surface area contributed by atoms with Gasteiger partial charge in [0.15, 0.2) is 5.11 Å². The second-order valence-corrected chi connectivity index (χ2v) is 8.44. The Hall–Kier alpha value is -4.24. The number of nitrogens with one attached hydrogen (secondary N) is 1. The maximum absolute atomic E-state index is 13.4. The van der Waals surface area contributed by atoms with E-state index in [2.05, 4.69) is 5.32 Å². The maximum atomic E-state index is 13.4. The Kier molecular flexibility index (Phi) is 6.27. The fourth-order valence-electron chi connectivity index (χ4n) is 4.17. The lowest BCUT2D eigenvalue weighted by molar-refractivity contribution is -0.255. The highest BCUT2D eigenvalue weighted by Gasteiger charge is 2.34. The molecule has 1 N–H and O–H groups in total. The number of nitrogens with zero attached hydrogens (tertiary/aromatic N) is 2. The molecule has 1 aliphatic rings. The van der Waals surface area contributed by atoms with Crippen LogP contribution < -0.4 is 20.1 Å². The summed E-state index contributed by atoms with van der Waals surface area (Å²) in [5.41, 5.74) is 3.92. The summed E-state index contributed by atoms with van der Waals surface area (Å²) in [6, 6.07) is 13.5. The summed E-state index contributed by atoms with van der Waals surface area (Å²) in [6.45, 7) is 5.41. The predicted molar refractivity (Wildman–Crippen MR) is 134 cm³/mol. The van der Waals surface area contributed by atoms with Crippen LogP contribution in [0.25, 0.3) is 11.8 Å². The molecule has 0 saturated carbocycles. The van der Waals surface area contributed by atoms with Crippen LogP contribution in [0.3, 0.4) is 0 Å². The van der Waals surface area contributed by atoms with Crippen molar-refractivity contribution in [2.45, 2.75) is 20.8 Å². The number of ether oxygens (including phenoxy) is 1. The maximum Gasteiger partial charge on any atom is 0.270 e. The molecule has 0 bridgehead atoms. The van der Waals surface area contributed by atoms with Gasteiger partial charge in [0.2, 0.25) is 0 Å². The highest BCUT2D eigenvalue weighted by Crippen LogP contribution is 2.28. The van der Waals surface area contributed by atoms with Crippen LogP contribution in [0.1, 0.15) is 32.9 Å². The number of anilines is 1. The molecule has 2 aromatic carbocycles. The summed E-state index contributed by atoms with van der Waals surface area (Å²) >= 11 is 5.26. The van der Waals surface area contributed by atoms with Crippen LogP contribution in [-0.4, -0.2) is 34.6 Å². The number of rotatable bonds is 5. The molecule has 0 atom stereocenters. The quantitative estimate of drug-likeness (QED) is 0.336. The molecule has 0 radical (unpaired) electrons. The van der Waals surface area contributed by atoms with E-state index in [0.29, 0.717) is 28.3 Å². The van der Waals surface area contributed by atoms with Crippen molar-refractivity contribution >= 4 is 46.9 Å². The van der Waals surface area contributed by atoms with E-state index in [9.17, 15) is 19.5 Å². The fourth-order valence-corrected chi connectivity index (χ4v) is 4.45. The van der Waals surface area contributed by atoms with Gasteiger partial charge in [0.05, 0.1) is 18.8 Å². The van der Waals surface area contributed by atoms with E-state index in [0.717, 1.165) is 11.4 Å². The number of aryl methyl sites for hydroxylation is 1. The molecule has 2 amide bonds. The van der Waals surface area contributed by atoms with Crippen molar-refractivity contribution in [3.63, 3.8) is 0 Å². The number of carbonyl (C=O) groups excluding carboxylic acids is 3. The zero-order valence-electron chi connectivity index (χ0n) is 19.5.